The first-order valence-electron chi connectivity index (χ1n) is 8.93. The highest BCUT2D eigenvalue weighted by atomic mass is 19.1. The molecule has 1 aromatic carbocycles. The SMILES string of the molecule is Cc1cc(C(=O)NC2CCc3nn(C)c(=O)n3CC2)c2ccc(F)cc2n1. The number of nitrogens with zero attached hydrogens (tertiary/aromatic N) is 4. The summed E-state index contributed by atoms with van der Waals surface area (Å²) >= 11 is 0. The molecule has 1 aliphatic rings. The van der Waals surface area contributed by atoms with Gasteiger partial charge in [0.15, 0.2) is 0 Å². The van der Waals surface area contributed by atoms with Gasteiger partial charge in [0, 0.05) is 43.2 Å². The second-order valence-electron chi connectivity index (χ2n) is 6.94. The molecule has 1 atom stereocenters. The van der Waals surface area contributed by atoms with Crippen molar-refractivity contribution >= 4 is 16.8 Å². The zero-order valence-electron chi connectivity index (χ0n) is 15.2. The summed E-state index contributed by atoms with van der Waals surface area (Å²) < 4.78 is 16.5. The Hall–Kier alpha value is -3.03. The fourth-order valence-electron chi connectivity index (χ4n) is 3.63. The maximum atomic E-state index is 13.5. The highest BCUT2D eigenvalue weighted by Crippen LogP contribution is 2.20. The van der Waals surface area contributed by atoms with Crippen LogP contribution in [0.2, 0.25) is 0 Å². The van der Waals surface area contributed by atoms with Crippen LogP contribution in [0.25, 0.3) is 10.9 Å². The van der Waals surface area contributed by atoms with Crippen molar-refractivity contribution in [1.82, 2.24) is 24.6 Å². The molecule has 1 aliphatic heterocycles. The van der Waals surface area contributed by atoms with Gasteiger partial charge in [-0.1, -0.05) is 0 Å². The fraction of sp³-hybridized carbons (Fsp3) is 0.368. The monoisotopic (exact) mass is 369 g/mol. The van der Waals surface area contributed by atoms with Crippen LogP contribution in [0, 0.1) is 12.7 Å². The van der Waals surface area contributed by atoms with Gasteiger partial charge in [0.25, 0.3) is 5.91 Å². The van der Waals surface area contributed by atoms with E-state index in [4.69, 9.17) is 0 Å². The number of pyridine rings is 1. The van der Waals surface area contributed by atoms with E-state index >= 15 is 0 Å². The number of amides is 1. The minimum absolute atomic E-state index is 0.0622. The van der Waals surface area contributed by atoms with Crippen molar-refractivity contribution < 1.29 is 9.18 Å². The summed E-state index contributed by atoms with van der Waals surface area (Å²) in [5.74, 6) is 0.154. The molecule has 1 amide bonds. The summed E-state index contributed by atoms with van der Waals surface area (Å²) in [6.07, 6.45) is 1.99. The highest BCUT2D eigenvalue weighted by molar-refractivity contribution is 6.06. The minimum Gasteiger partial charge on any atom is -0.349 e. The first-order valence-corrected chi connectivity index (χ1v) is 8.93. The van der Waals surface area contributed by atoms with Crippen molar-refractivity contribution in [3.8, 4) is 0 Å². The lowest BCUT2D eigenvalue weighted by molar-refractivity contribution is 0.0934. The molecule has 2 aromatic heterocycles. The lowest BCUT2D eigenvalue weighted by Crippen LogP contribution is -2.36. The topological polar surface area (TPSA) is 81.8 Å². The lowest BCUT2D eigenvalue weighted by Gasteiger charge is -2.17. The number of aryl methyl sites for hydroxylation is 3. The van der Waals surface area contributed by atoms with Gasteiger partial charge in [0.1, 0.15) is 11.6 Å². The minimum atomic E-state index is -0.383. The van der Waals surface area contributed by atoms with Gasteiger partial charge >= 0.3 is 5.69 Å². The lowest BCUT2D eigenvalue weighted by atomic mass is 10.0. The summed E-state index contributed by atoms with van der Waals surface area (Å²) in [5, 5.41) is 7.93. The van der Waals surface area contributed by atoms with Gasteiger partial charge in [0.2, 0.25) is 0 Å². The van der Waals surface area contributed by atoms with Crippen LogP contribution < -0.4 is 11.0 Å². The van der Waals surface area contributed by atoms with Crippen molar-refractivity contribution in [2.75, 3.05) is 0 Å². The third-order valence-electron chi connectivity index (χ3n) is 4.98. The van der Waals surface area contributed by atoms with E-state index in [9.17, 15) is 14.0 Å². The average molecular weight is 369 g/mol. The Balaban J connectivity index is 1.56. The number of carbonyl (C=O) groups excluding carboxylic acids is 1. The molecule has 1 unspecified atom stereocenters. The number of hydrogen-bond donors (Lipinski definition) is 1. The number of carbonyl (C=O) groups is 1. The third kappa shape index (κ3) is 3.22. The Labute approximate surface area is 154 Å². The smallest absolute Gasteiger partial charge is 0.345 e. The molecule has 3 heterocycles. The molecule has 4 rings (SSSR count). The third-order valence-corrected chi connectivity index (χ3v) is 4.98. The van der Waals surface area contributed by atoms with Gasteiger partial charge in [0.05, 0.1) is 11.1 Å². The van der Waals surface area contributed by atoms with Gasteiger partial charge in [-0.05, 0) is 38.0 Å². The van der Waals surface area contributed by atoms with Gasteiger partial charge in [-0.15, -0.1) is 0 Å². The van der Waals surface area contributed by atoms with E-state index in [2.05, 4.69) is 15.4 Å². The Morgan fingerprint density at radius 3 is 2.93 bits per heavy atom. The molecule has 0 radical (unpaired) electrons. The van der Waals surface area contributed by atoms with Crippen molar-refractivity contribution in [2.45, 2.75) is 38.8 Å². The molecule has 1 N–H and O–H groups in total. The fourth-order valence-corrected chi connectivity index (χ4v) is 3.63. The van der Waals surface area contributed by atoms with E-state index in [1.807, 2.05) is 0 Å². The average Bonchev–Trinajstić information content (AvgIpc) is 2.78. The van der Waals surface area contributed by atoms with Gasteiger partial charge in [-0.25, -0.2) is 13.9 Å². The van der Waals surface area contributed by atoms with E-state index in [0.717, 1.165) is 5.82 Å². The zero-order valence-corrected chi connectivity index (χ0v) is 15.2. The second-order valence-corrected chi connectivity index (χ2v) is 6.94. The molecule has 0 fully saturated rings. The zero-order chi connectivity index (χ0) is 19.1. The van der Waals surface area contributed by atoms with Crippen LogP contribution in [0.5, 0.6) is 0 Å². The van der Waals surface area contributed by atoms with Crippen LogP contribution in [-0.4, -0.2) is 31.3 Å². The van der Waals surface area contributed by atoms with E-state index in [-0.39, 0.29) is 23.5 Å². The number of benzene rings is 1. The van der Waals surface area contributed by atoms with E-state index in [1.165, 1.54) is 16.8 Å². The molecule has 0 saturated heterocycles. The van der Waals surface area contributed by atoms with E-state index in [1.54, 1.807) is 30.7 Å². The van der Waals surface area contributed by atoms with Crippen molar-refractivity contribution in [1.29, 1.82) is 0 Å². The Morgan fingerprint density at radius 1 is 1.30 bits per heavy atom. The van der Waals surface area contributed by atoms with Crippen LogP contribution in [0.4, 0.5) is 4.39 Å². The largest absolute Gasteiger partial charge is 0.349 e. The molecule has 0 spiro atoms. The summed E-state index contributed by atoms with van der Waals surface area (Å²) in [6, 6.07) is 5.90. The van der Waals surface area contributed by atoms with Crippen molar-refractivity contribution in [2.24, 2.45) is 7.05 Å². The number of fused-ring (bicyclic) bond motifs is 2. The number of halogens is 1. The summed E-state index contributed by atoms with van der Waals surface area (Å²) in [5.41, 5.74) is 1.47. The maximum Gasteiger partial charge on any atom is 0.345 e. The van der Waals surface area contributed by atoms with Crippen LogP contribution in [0.15, 0.2) is 29.1 Å². The van der Waals surface area contributed by atoms with E-state index in [0.29, 0.717) is 48.0 Å². The maximum absolute atomic E-state index is 13.5. The summed E-state index contributed by atoms with van der Waals surface area (Å²) in [4.78, 5) is 29.3. The Kier molecular flexibility index (Phi) is 4.25. The summed E-state index contributed by atoms with van der Waals surface area (Å²) in [7, 11) is 1.64. The quantitative estimate of drug-likeness (QED) is 0.746. The number of hydrogen-bond acceptors (Lipinski definition) is 4. The Morgan fingerprint density at radius 2 is 2.11 bits per heavy atom. The first-order chi connectivity index (χ1) is 12.9. The van der Waals surface area contributed by atoms with Crippen LogP contribution in [0.1, 0.15) is 34.7 Å². The predicted molar refractivity (Wildman–Crippen MR) is 98.1 cm³/mol. The molecule has 7 nitrogen and oxygen atoms in total. The van der Waals surface area contributed by atoms with E-state index < -0.39 is 0 Å². The van der Waals surface area contributed by atoms with Crippen LogP contribution in [0.3, 0.4) is 0 Å². The predicted octanol–water partition coefficient (Wildman–Crippen LogP) is 1.71. The first kappa shape index (κ1) is 17.4. The Bertz CT molecular complexity index is 1100. The van der Waals surface area contributed by atoms with Crippen molar-refractivity contribution in [3.63, 3.8) is 0 Å². The van der Waals surface area contributed by atoms with Crippen LogP contribution in [-0.2, 0) is 20.0 Å². The molecule has 0 saturated carbocycles. The highest BCUT2D eigenvalue weighted by Gasteiger charge is 2.22. The normalized spacial score (nSPS) is 16.8. The van der Waals surface area contributed by atoms with Gasteiger partial charge in [-0.2, -0.15) is 5.10 Å². The molecule has 140 valence electrons. The molecule has 27 heavy (non-hydrogen) atoms. The molecule has 0 aliphatic carbocycles. The number of aromatic nitrogens is 4. The number of nitrogens with one attached hydrogen (secondary N) is 1. The molecule has 8 heteroatoms. The van der Waals surface area contributed by atoms with Crippen LogP contribution >= 0.6 is 0 Å². The standard InChI is InChI=1S/C19H20FN5O2/c1-11-9-15(14-5-3-12(20)10-16(14)21-11)18(26)22-13-4-6-17-23-24(2)19(27)25(17)8-7-13/h3,5,9-10,13H,4,6-8H2,1-2H3,(H,22,26). The molecule has 3 aromatic rings. The molecular formula is C19H20FN5O2. The van der Waals surface area contributed by atoms with Crippen molar-refractivity contribution in [3.05, 3.63) is 57.6 Å². The second kappa shape index (κ2) is 6.61. The molecule has 0 bridgehead atoms. The molecular weight excluding hydrogens is 349 g/mol. The van der Waals surface area contributed by atoms with Gasteiger partial charge in [-0.3, -0.25) is 14.3 Å². The number of rotatable bonds is 2. The summed E-state index contributed by atoms with van der Waals surface area (Å²) in [6.45, 7) is 2.30. The van der Waals surface area contributed by atoms with Gasteiger partial charge < -0.3 is 5.32 Å².